The summed E-state index contributed by atoms with van der Waals surface area (Å²) in [5, 5.41) is 0. The fraction of sp³-hybridized carbons (Fsp3) is 0.583. The van der Waals surface area contributed by atoms with Crippen molar-refractivity contribution in [1.29, 1.82) is 0 Å². The van der Waals surface area contributed by atoms with Gasteiger partial charge in [0.05, 0.1) is 12.7 Å². The van der Waals surface area contributed by atoms with Gasteiger partial charge in [-0.15, -0.1) is 0 Å². The molecule has 1 aromatic carbocycles. The molecule has 1 heterocycles. The number of aldehydes is 1. The predicted octanol–water partition coefficient (Wildman–Crippen LogP) is 4.60. The Morgan fingerprint density at radius 1 is 1.22 bits per heavy atom. The molecule has 0 amide bonds. The van der Waals surface area contributed by atoms with E-state index in [0.717, 1.165) is 17.9 Å². The second-order valence-corrected chi connectivity index (χ2v) is 15.3. The minimum atomic E-state index is -1.34. The molecular formula is C24H36O7Si. The standard InChI is InChI=1S/C24H36O7Si/c1-17-13-18(9-8-10-19-21(15-25)31-24(2,3)30-19)22(20(14-17)29-16-27-4)23(26)28-11-12-32(5,6)7/h8-9,13-15,19,21H,10-12,16H2,1-7H3/b9-8+/t19-,21?/m0/s1. The Bertz CT molecular complexity index is 826. The third-order valence-electron chi connectivity index (χ3n) is 4.92. The lowest BCUT2D eigenvalue weighted by molar-refractivity contribution is -0.149. The van der Waals surface area contributed by atoms with Crippen LogP contribution in [0.4, 0.5) is 0 Å². The van der Waals surface area contributed by atoms with Crippen molar-refractivity contribution in [3.05, 3.63) is 34.9 Å². The van der Waals surface area contributed by atoms with Crippen LogP contribution in [0.5, 0.6) is 5.75 Å². The average molecular weight is 465 g/mol. The number of carbonyl (C=O) groups excluding carboxylic acids is 2. The first-order chi connectivity index (χ1) is 15.0. The van der Waals surface area contributed by atoms with Crippen LogP contribution >= 0.6 is 0 Å². The first-order valence-electron chi connectivity index (χ1n) is 10.9. The zero-order valence-corrected chi connectivity index (χ0v) is 21.2. The molecule has 0 aromatic heterocycles. The van der Waals surface area contributed by atoms with E-state index >= 15 is 0 Å². The Hall–Kier alpha value is -2.00. The molecule has 1 unspecified atom stereocenters. The lowest BCUT2D eigenvalue weighted by atomic mass is 10.0. The highest BCUT2D eigenvalue weighted by atomic mass is 28.3. The molecular weight excluding hydrogens is 428 g/mol. The van der Waals surface area contributed by atoms with Crippen LogP contribution in [0.15, 0.2) is 18.2 Å². The lowest BCUT2D eigenvalue weighted by Gasteiger charge is -2.17. The van der Waals surface area contributed by atoms with Crippen molar-refractivity contribution in [3.8, 4) is 5.75 Å². The van der Waals surface area contributed by atoms with E-state index in [0.29, 0.717) is 29.9 Å². The Kier molecular flexibility index (Phi) is 9.21. The van der Waals surface area contributed by atoms with Crippen molar-refractivity contribution in [1.82, 2.24) is 0 Å². The van der Waals surface area contributed by atoms with Crippen molar-refractivity contribution in [3.63, 3.8) is 0 Å². The lowest BCUT2D eigenvalue weighted by Crippen LogP contribution is -2.23. The summed E-state index contributed by atoms with van der Waals surface area (Å²) in [6.07, 6.45) is 3.91. The average Bonchev–Trinajstić information content (AvgIpc) is 2.98. The van der Waals surface area contributed by atoms with Crippen molar-refractivity contribution in [2.45, 2.75) is 70.9 Å². The summed E-state index contributed by atoms with van der Waals surface area (Å²) in [7, 11) is 0.188. The van der Waals surface area contributed by atoms with Crippen LogP contribution in [0.3, 0.4) is 0 Å². The zero-order chi connectivity index (χ0) is 23.9. The van der Waals surface area contributed by atoms with E-state index in [1.807, 2.05) is 25.1 Å². The number of carbonyl (C=O) groups is 2. The first-order valence-corrected chi connectivity index (χ1v) is 14.6. The van der Waals surface area contributed by atoms with Gasteiger partial charge in [-0.25, -0.2) is 4.79 Å². The second kappa shape index (κ2) is 11.2. The summed E-state index contributed by atoms with van der Waals surface area (Å²) in [6.45, 7) is 12.6. The largest absolute Gasteiger partial charge is 0.467 e. The summed E-state index contributed by atoms with van der Waals surface area (Å²) in [5.41, 5.74) is 1.96. The van der Waals surface area contributed by atoms with Crippen LogP contribution < -0.4 is 4.74 Å². The van der Waals surface area contributed by atoms with Crippen LogP contribution in [0, 0.1) is 6.92 Å². The molecule has 0 radical (unpaired) electrons. The maximum absolute atomic E-state index is 13.0. The second-order valence-electron chi connectivity index (χ2n) is 9.64. The van der Waals surface area contributed by atoms with Gasteiger partial charge in [-0.1, -0.05) is 37.9 Å². The number of rotatable bonds is 11. The van der Waals surface area contributed by atoms with E-state index in [-0.39, 0.29) is 12.9 Å². The Labute approximate surface area is 192 Å². The summed E-state index contributed by atoms with van der Waals surface area (Å²) >= 11 is 0. The normalized spacial score (nSPS) is 20.5. The maximum atomic E-state index is 13.0. The van der Waals surface area contributed by atoms with Gasteiger partial charge in [0.1, 0.15) is 17.4 Å². The van der Waals surface area contributed by atoms with E-state index in [1.54, 1.807) is 19.9 Å². The highest BCUT2D eigenvalue weighted by Gasteiger charge is 2.40. The van der Waals surface area contributed by atoms with Gasteiger partial charge in [-0.2, -0.15) is 0 Å². The molecule has 1 aromatic rings. The van der Waals surface area contributed by atoms with E-state index in [4.69, 9.17) is 23.7 Å². The molecule has 32 heavy (non-hydrogen) atoms. The molecule has 0 saturated carbocycles. The number of aryl methyl sites for hydroxylation is 1. The predicted molar refractivity (Wildman–Crippen MR) is 126 cm³/mol. The fourth-order valence-corrected chi connectivity index (χ4v) is 4.09. The van der Waals surface area contributed by atoms with Crippen LogP contribution in [0.25, 0.3) is 6.08 Å². The van der Waals surface area contributed by atoms with E-state index < -0.39 is 25.9 Å². The van der Waals surface area contributed by atoms with E-state index in [9.17, 15) is 9.59 Å². The van der Waals surface area contributed by atoms with E-state index in [2.05, 4.69) is 19.6 Å². The first kappa shape index (κ1) is 26.3. The number of hydrogen-bond acceptors (Lipinski definition) is 7. The van der Waals surface area contributed by atoms with Gasteiger partial charge in [-0.05, 0) is 50.4 Å². The molecule has 0 N–H and O–H groups in total. The summed E-state index contributed by atoms with van der Waals surface area (Å²) < 4.78 is 27.7. The molecule has 1 saturated heterocycles. The number of esters is 1. The van der Waals surface area contributed by atoms with Gasteiger partial charge < -0.3 is 28.5 Å². The smallest absolute Gasteiger partial charge is 0.342 e. The van der Waals surface area contributed by atoms with Crippen LogP contribution in [0.1, 0.15) is 41.8 Å². The molecule has 8 heteroatoms. The molecule has 1 aliphatic rings. The topological polar surface area (TPSA) is 80.3 Å². The number of ether oxygens (including phenoxy) is 5. The van der Waals surface area contributed by atoms with Crippen molar-refractivity contribution < 1.29 is 33.3 Å². The van der Waals surface area contributed by atoms with Gasteiger partial charge in [-0.3, -0.25) is 0 Å². The minimum absolute atomic E-state index is 0.0190. The van der Waals surface area contributed by atoms with Crippen molar-refractivity contribution >= 4 is 26.4 Å². The SMILES string of the molecule is COCOc1cc(C)cc(/C=C/C[C@@H]2OC(C)(C)OC2C=O)c1C(=O)OCC[Si](C)(C)C. The molecule has 0 aliphatic carbocycles. The van der Waals surface area contributed by atoms with Crippen LogP contribution in [0.2, 0.25) is 25.7 Å². The van der Waals surface area contributed by atoms with Gasteiger partial charge in [0.2, 0.25) is 0 Å². The van der Waals surface area contributed by atoms with E-state index in [1.165, 1.54) is 7.11 Å². The molecule has 0 spiro atoms. The van der Waals surface area contributed by atoms with Gasteiger partial charge in [0, 0.05) is 15.2 Å². The highest BCUT2D eigenvalue weighted by molar-refractivity contribution is 6.76. The fourth-order valence-electron chi connectivity index (χ4n) is 3.38. The summed E-state index contributed by atoms with van der Waals surface area (Å²) in [4.78, 5) is 24.3. The van der Waals surface area contributed by atoms with Crippen LogP contribution in [-0.2, 0) is 23.7 Å². The number of hydrogen-bond donors (Lipinski definition) is 0. The summed E-state index contributed by atoms with van der Waals surface area (Å²) in [5.74, 6) is -0.821. The highest BCUT2D eigenvalue weighted by Crippen LogP contribution is 2.31. The molecule has 178 valence electrons. The summed E-state index contributed by atoms with van der Waals surface area (Å²) in [6, 6.07) is 4.58. The quantitative estimate of drug-likeness (QED) is 0.205. The minimum Gasteiger partial charge on any atom is -0.467 e. The molecule has 1 fully saturated rings. The van der Waals surface area contributed by atoms with Gasteiger partial charge in [0.15, 0.2) is 18.9 Å². The Morgan fingerprint density at radius 3 is 2.56 bits per heavy atom. The van der Waals surface area contributed by atoms with Crippen molar-refractivity contribution in [2.24, 2.45) is 0 Å². The zero-order valence-electron chi connectivity index (χ0n) is 20.2. The third-order valence-corrected chi connectivity index (χ3v) is 6.62. The monoisotopic (exact) mass is 464 g/mol. The van der Waals surface area contributed by atoms with Gasteiger partial charge >= 0.3 is 5.97 Å². The molecule has 2 atom stereocenters. The van der Waals surface area contributed by atoms with Crippen LogP contribution in [-0.4, -0.2) is 58.8 Å². The molecule has 2 rings (SSSR count). The number of methoxy groups -OCH3 is 1. The molecule has 7 nitrogen and oxygen atoms in total. The Balaban J connectivity index is 2.25. The number of benzene rings is 1. The molecule has 1 aliphatic heterocycles. The third kappa shape index (κ3) is 7.85. The maximum Gasteiger partial charge on any atom is 0.342 e. The Morgan fingerprint density at radius 2 is 1.94 bits per heavy atom. The van der Waals surface area contributed by atoms with Gasteiger partial charge in [0.25, 0.3) is 0 Å². The molecule has 0 bridgehead atoms. The van der Waals surface area contributed by atoms with Crippen molar-refractivity contribution in [2.75, 3.05) is 20.5 Å².